The lowest BCUT2D eigenvalue weighted by Gasteiger charge is -2.62. The average Bonchev–Trinajstić information content (AvgIpc) is 3.82. The van der Waals surface area contributed by atoms with Crippen molar-refractivity contribution in [3.63, 3.8) is 0 Å². The maximum Gasteiger partial charge on any atom is 0.333 e. The fraction of sp³-hybridized carbons (Fsp3) is 0.463. The molecule has 4 aromatic rings. The number of esters is 2. The Morgan fingerprint density at radius 1 is 1.11 bits per heavy atom. The van der Waals surface area contributed by atoms with Crippen LogP contribution in [0.1, 0.15) is 68.9 Å². The van der Waals surface area contributed by atoms with E-state index in [1.165, 1.54) is 18.7 Å². The first-order valence-corrected chi connectivity index (χ1v) is 20.1. The lowest BCUT2D eigenvalue weighted by atomic mass is 9.73. The zero-order valence-corrected chi connectivity index (χ0v) is 32.6. The van der Waals surface area contributed by atoms with Crippen LogP contribution in [0.2, 0.25) is 0 Å². The highest BCUT2D eigenvalue weighted by Gasteiger charge is 2.62. The number of fused-ring (bicyclic) bond motifs is 11. The normalized spacial score (nSPS) is 30.3. The quantitative estimate of drug-likeness (QED) is 0.151. The minimum absolute atomic E-state index is 0.0481. The number of likely N-dealkylation sites (N-methyl/N-ethyl adjacent to an activating group) is 1. The van der Waals surface area contributed by atoms with Gasteiger partial charge in [0, 0.05) is 64.5 Å². The molecule has 15 heteroatoms. The number of nitrogens with one attached hydrogen (secondary N) is 2. The second-order valence-corrected chi connectivity index (χ2v) is 17.0. The van der Waals surface area contributed by atoms with Gasteiger partial charge >= 0.3 is 11.9 Å². The number of benzene rings is 3. The van der Waals surface area contributed by atoms with Gasteiger partial charge in [-0.1, -0.05) is 24.3 Å². The first-order chi connectivity index (χ1) is 27.0. The first kappa shape index (κ1) is 35.9. The number of aliphatic hydroxyl groups excluding tert-OH is 1. The number of nitrogens with zero attached hydrogens (tertiary/aromatic N) is 2. The minimum atomic E-state index is -1.34. The fourth-order valence-electron chi connectivity index (χ4n) is 10.7. The number of thioether (sulfide) groups is 1. The van der Waals surface area contributed by atoms with Crippen molar-refractivity contribution in [2.45, 2.75) is 80.8 Å². The number of aromatic hydroxyl groups is 1. The van der Waals surface area contributed by atoms with E-state index < -0.39 is 47.1 Å². The highest BCUT2D eigenvalue weighted by Crippen LogP contribution is 2.64. The van der Waals surface area contributed by atoms with Crippen molar-refractivity contribution < 1.29 is 43.5 Å². The van der Waals surface area contributed by atoms with Crippen LogP contribution in [0.3, 0.4) is 0 Å². The van der Waals surface area contributed by atoms with Gasteiger partial charge in [-0.15, -0.1) is 11.8 Å². The Morgan fingerprint density at radius 3 is 2.66 bits per heavy atom. The number of ether oxygens (including phenoxy) is 5. The van der Waals surface area contributed by atoms with Crippen LogP contribution in [0, 0.1) is 13.8 Å². The van der Waals surface area contributed by atoms with E-state index in [4.69, 9.17) is 29.4 Å². The molecule has 1 spiro atoms. The van der Waals surface area contributed by atoms with Gasteiger partial charge in [-0.25, -0.2) is 4.79 Å². The molecule has 0 amide bonds. The van der Waals surface area contributed by atoms with Gasteiger partial charge in [0.15, 0.2) is 28.5 Å². The summed E-state index contributed by atoms with van der Waals surface area (Å²) in [4.78, 5) is 35.7. The van der Waals surface area contributed by atoms with Gasteiger partial charge in [0.2, 0.25) is 6.79 Å². The molecule has 8 atom stereocenters. The van der Waals surface area contributed by atoms with Crippen molar-refractivity contribution in [3.8, 4) is 28.7 Å². The molecular weight excluding hydrogens is 739 g/mol. The van der Waals surface area contributed by atoms with Crippen LogP contribution in [0.15, 0.2) is 30.3 Å². The highest BCUT2D eigenvalue weighted by molar-refractivity contribution is 7.99. The van der Waals surface area contributed by atoms with Crippen molar-refractivity contribution in [1.29, 1.82) is 0 Å². The standard InChI is InChI=1S/C41H45N5O9S/c1-17-10-20-11-25-39(49)46-26-14-52-40(50)41(38-23(12-21(13-42)44-41)22-8-6-7-9-24(22)43-38)15-56-37(31(46)30(45(25)4)27(20)32(48)33(17)51-5)29-28(26)36-35(53-16-54-36)18(2)34(29)55-19(3)47/h6-10,21,25-26,30-31,37,39,43-44,48-49H,11-16,42H2,1-5H3/t21-,25?,26+,30?,31-,37-,39+,41-/m1/s1. The molecule has 8 heterocycles. The zero-order chi connectivity index (χ0) is 38.9. The monoisotopic (exact) mass is 783 g/mol. The van der Waals surface area contributed by atoms with Gasteiger partial charge < -0.3 is 44.6 Å². The van der Waals surface area contributed by atoms with Crippen LogP contribution >= 0.6 is 11.8 Å². The van der Waals surface area contributed by atoms with Crippen molar-refractivity contribution >= 4 is 34.6 Å². The summed E-state index contributed by atoms with van der Waals surface area (Å²) in [5.41, 5.74) is 12.1. The number of phenolic OH excluding ortho intramolecular Hbond substituents is 1. The van der Waals surface area contributed by atoms with E-state index in [9.17, 15) is 19.8 Å². The van der Waals surface area contributed by atoms with Gasteiger partial charge in [0.05, 0.1) is 36.2 Å². The molecule has 1 aromatic heterocycles. The topological polar surface area (TPSA) is 181 Å². The Morgan fingerprint density at radius 2 is 1.89 bits per heavy atom. The number of methoxy groups -OCH3 is 1. The number of para-hydroxylation sites is 1. The van der Waals surface area contributed by atoms with Crippen molar-refractivity contribution in [2.75, 3.05) is 39.9 Å². The maximum absolute atomic E-state index is 15.0. The number of aryl methyl sites for hydroxylation is 1. The third-order valence-electron chi connectivity index (χ3n) is 13.0. The second-order valence-electron chi connectivity index (χ2n) is 15.9. The third-order valence-corrected chi connectivity index (χ3v) is 14.5. The number of rotatable bonds is 3. The molecular formula is C41H45N5O9S. The molecule has 0 radical (unpaired) electrons. The van der Waals surface area contributed by atoms with Crippen molar-refractivity contribution in [3.05, 3.63) is 75.0 Å². The van der Waals surface area contributed by atoms with E-state index in [0.29, 0.717) is 64.6 Å². The van der Waals surface area contributed by atoms with E-state index in [1.807, 2.05) is 50.1 Å². The summed E-state index contributed by atoms with van der Waals surface area (Å²) < 4.78 is 30.7. The largest absolute Gasteiger partial charge is 0.504 e. The summed E-state index contributed by atoms with van der Waals surface area (Å²) in [5.74, 6) is 0.933. The molecule has 6 N–H and O–H groups in total. The number of aromatic amines is 1. The molecule has 2 unspecified atom stereocenters. The molecule has 2 saturated heterocycles. The van der Waals surface area contributed by atoms with E-state index >= 15 is 0 Å². The Hall–Kier alpha value is -4.51. The molecule has 7 aliphatic heterocycles. The summed E-state index contributed by atoms with van der Waals surface area (Å²) in [6, 6.07) is 7.66. The van der Waals surface area contributed by atoms with Crippen LogP contribution in [-0.2, 0) is 32.7 Å². The first-order valence-electron chi connectivity index (χ1n) is 19.1. The molecule has 0 saturated carbocycles. The summed E-state index contributed by atoms with van der Waals surface area (Å²) >= 11 is 1.51. The predicted molar refractivity (Wildman–Crippen MR) is 206 cm³/mol. The molecule has 0 aliphatic carbocycles. The molecule has 7 aliphatic rings. The molecule has 56 heavy (non-hydrogen) atoms. The lowest BCUT2D eigenvalue weighted by Crippen LogP contribution is -2.70. The predicted octanol–water partition coefficient (Wildman–Crippen LogP) is 3.51. The summed E-state index contributed by atoms with van der Waals surface area (Å²) in [7, 11) is 3.53. The van der Waals surface area contributed by atoms with Crippen LogP contribution < -0.4 is 30.0 Å². The summed E-state index contributed by atoms with van der Waals surface area (Å²) in [6.07, 6.45) is 0.0553. The van der Waals surface area contributed by atoms with Crippen molar-refractivity contribution in [2.24, 2.45) is 5.73 Å². The van der Waals surface area contributed by atoms with Gasteiger partial charge in [-0.2, -0.15) is 0 Å². The fourth-order valence-corrected chi connectivity index (χ4v) is 12.4. The van der Waals surface area contributed by atoms with Gasteiger partial charge in [0.25, 0.3) is 0 Å². The second kappa shape index (κ2) is 12.7. The van der Waals surface area contributed by atoms with Gasteiger partial charge in [-0.3, -0.25) is 19.9 Å². The number of carbonyl (C=O) groups excluding carboxylic acids is 2. The van der Waals surface area contributed by atoms with Crippen LogP contribution in [0.4, 0.5) is 0 Å². The van der Waals surface area contributed by atoms with Crippen LogP contribution in [0.25, 0.3) is 10.9 Å². The van der Waals surface area contributed by atoms with Gasteiger partial charge in [-0.05, 0) is 56.5 Å². The Labute approximate surface area is 327 Å². The molecule has 4 bridgehead atoms. The molecule has 14 nitrogen and oxygen atoms in total. The van der Waals surface area contributed by atoms with Crippen LogP contribution in [-0.4, -0.2) is 101 Å². The third kappa shape index (κ3) is 4.75. The van der Waals surface area contributed by atoms with Crippen molar-refractivity contribution in [1.82, 2.24) is 20.1 Å². The van der Waals surface area contributed by atoms with Gasteiger partial charge in [0.1, 0.15) is 18.6 Å². The Kier molecular flexibility index (Phi) is 8.17. The number of hydrogen-bond donors (Lipinski definition) is 5. The average molecular weight is 784 g/mol. The molecule has 3 aromatic carbocycles. The number of phenols is 1. The zero-order valence-electron chi connectivity index (χ0n) is 31.8. The van der Waals surface area contributed by atoms with E-state index in [1.54, 1.807) is 7.11 Å². The molecule has 294 valence electrons. The number of carbonyl (C=O) groups is 2. The smallest absolute Gasteiger partial charge is 0.333 e. The number of nitrogens with two attached hydrogens (primary N) is 1. The van der Waals surface area contributed by atoms with Crippen LogP contribution in [0.5, 0.6) is 28.7 Å². The Bertz CT molecular complexity index is 2350. The Balaban J connectivity index is 1.25. The van der Waals surface area contributed by atoms with E-state index in [0.717, 1.165) is 33.3 Å². The van der Waals surface area contributed by atoms with E-state index in [2.05, 4.69) is 21.3 Å². The lowest BCUT2D eigenvalue weighted by molar-refractivity contribution is -0.186. The molecule has 11 rings (SSSR count). The number of aromatic nitrogens is 1. The summed E-state index contributed by atoms with van der Waals surface area (Å²) in [6.45, 7) is 5.20. The SMILES string of the molecule is COc1c(C)cc2c(c1O)C1[C@@H]3[C@@H]4SC[C@]5(N[C@@H](CN)Cc6c5[nH]c5ccccc65)C(=O)OC[C@@H](c5c6c(c(C)c(OC(C)=O)c54)OCO6)N3[C@@H](O)C(C2)N1C. The highest BCUT2D eigenvalue weighted by atomic mass is 32.2. The minimum Gasteiger partial charge on any atom is -0.504 e. The maximum atomic E-state index is 15.0. The number of piperazine rings is 1. The number of H-pyrrole nitrogens is 1. The number of aliphatic hydroxyl groups is 1. The molecule has 2 fully saturated rings. The summed E-state index contributed by atoms with van der Waals surface area (Å²) in [5, 5.41) is 28.8. The number of hydrogen-bond acceptors (Lipinski definition) is 14. The van der Waals surface area contributed by atoms with E-state index in [-0.39, 0.29) is 37.0 Å².